The molecule has 0 unspecified atom stereocenters. The van der Waals surface area contributed by atoms with Crippen molar-refractivity contribution in [1.29, 1.82) is 0 Å². The third kappa shape index (κ3) is 4.47. The van der Waals surface area contributed by atoms with Crippen molar-refractivity contribution >= 4 is 33.3 Å². The van der Waals surface area contributed by atoms with Gasteiger partial charge in [0, 0.05) is 32.2 Å². The fourth-order valence-corrected chi connectivity index (χ4v) is 4.96. The number of nitrogens with one attached hydrogen (secondary N) is 1. The Hall–Kier alpha value is -2.51. The number of anilines is 1. The van der Waals surface area contributed by atoms with E-state index in [0.717, 1.165) is 65.5 Å². The van der Waals surface area contributed by atoms with Crippen molar-refractivity contribution in [3.8, 4) is 0 Å². The Morgan fingerprint density at radius 3 is 2.63 bits per heavy atom. The molecule has 30 heavy (non-hydrogen) atoms. The van der Waals surface area contributed by atoms with Gasteiger partial charge in [-0.2, -0.15) is 0 Å². The molecule has 2 aromatic heterocycles. The molecule has 1 aromatic carbocycles. The first-order chi connectivity index (χ1) is 14.5. The van der Waals surface area contributed by atoms with E-state index in [1.165, 1.54) is 16.9 Å². The number of fused-ring (bicyclic) bond motifs is 1. The molecular formula is C23H29N5OS. The summed E-state index contributed by atoms with van der Waals surface area (Å²) in [5.41, 5.74) is 2.28. The summed E-state index contributed by atoms with van der Waals surface area (Å²) in [4.78, 5) is 28.3. The van der Waals surface area contributed by atoms with Gasteiger partial charge >= 0.3 is 0 Å². The maximum atomic E-state index is 13.0. The van der Waals surface area contributed by atoms with Crippen LogP contribution < -0.4 is 10.2 Å². The molecule has 1 aliphatic heterocycles. The third-order valence-electron chi connectivity index (χ3n) is 5.80. The van der Waals surface area contributed by atoms with Crippen molar-refractivity contribution in [2.24, 2.45) is 0 Å². The van der Waals surface area contributed by atoms with Crippen molar-refractivity contribution in [1.82, 2.24) is 20.2 Å². The summed E-state index contributed by atoms with van der Waals surface area (Å²) in [6, 6.07) is 10.5. The molecule has 0 saturated carbocycles. The number of aryl methyl sites for hydroxylation is 2. The summed E-state index contributed by atoms with van der Waals surface area (Å²) in [6.07, 6.45) is 3.48. The summed E-state index contributed by atoms with van der Waals surface area (Å²) < 4.78 is 0. The van der Waals surface area contributed by atoms with Crippen LogP contribution in [0.4, 0.5) is 5.82 Å². The van der Waals surface area contributed by atoms with Gasteiger partial charge in [-0.1, -0.05) is 30.3 Å². The van der Waals surface area contributed by atoms with E-state index in [9.17, 15) is 4.79 Å². The lowest BCUT2D eigenvalue weighted by atomic mass is 10.1. The van der Waals surface area contributed by atoms with Crippen molar-refractivity contribution in [2.75, 3.05) is 38.1 Å². The Kier molecular flexibility index (Phi) is 6.29. The standard InChI is InChI=1S/C23H29N5OS/c1-16(9-10-18-7-5-4-6-8-18)26-22(29)20-17(2)19-21(24-15-25-23(19)30-20)28-13-11-27(3)12-14-28/h4-8,15-16H,9-14H2,1-3H3,(H,26,29)/t16-/m0/s1. The second-order valence-corrected chi connectivity index (χ2v) is 9.12. The van der Waals surface area contributed by atoms with E-state index >= 15 is 0 Å². The van der Waals surface area contributed by atoms with E-state index in [1.807, 2.05) is 13.0 Å². The molecule has 6 nitrogen and oxygen atoms in total. The largest absolute Gasteiger partial charge is 0.353 e. The van der Waals surface area contributed by atoms with Crippen molar-refractivity contribution in [3.63, 3.8) is 0 Å². The van der Waals surface area contributed by atoms with Crippen LogP contribution in [0, 0.1) is 6.92 Å². The Bertz CT molecular complexity index is 1010. The van der Waals surface area contributed by atoms with Gasteiger partial charge in [-0.15, -0.1) is 11.3 Å². The average Bonchev–Trinajstić information content (AvgIpc) is 3.10. The molecule has 1 atom stereocenters. The molecule has 158 valence electrons. The van der Waals surface area contributed by atoms with E-state index in [-0.39, 0.29) is 11.9 Å². The molecule has 3 heterocycles. The number of hydrogen-bond donors (Lipinski definition) is 1. The summed E-state index contributed by atoms with van der Waals surface area (Å²) in [5, 5.41) is 4.20. The van der Waals surface area contributed by atoms with Gasteiger partial charge in [0.15, 0.2) is 0 Å². The molecule has 0 bridgehead atoms. The maximum Gasteiger partial charge on any atom is 0.261 e. The predicted molar refractivity (Wildman–Crippen MR) is 124 cm³/mol. The van der Waals surface area contributed by atoms with E-state index in [2.05, 4.69) is 63.3 Å². The maximum absolute atomic E-state index is 13.0. The fourth-order valence-electron chi connectivity index (χ4n) is 3.92. The van der Waals surface area contributed by atoms with E-state index < -0.39 is 0 Å². The molecule has 1 aliphatic rings. The highest BCUT2D eigenvalue weighted by Crippen LogP contribution is 2.35. The highest BCUT2D eigenvalue weighted by molar-refractivity contribution is 7.20. The molecule has 1 N–H and O–H groups in total. The second-order valence-electron chi connectivity index (χ2n) is 8.12. The lowest BCUT2D eigenvalue weighted by Crippen LogP contribution is -2.44. The molecule has 1 amide bonds. The monoisotopic (exact) mass is 423 g/mol. The van der Waals surface area contributed by atoms with Gasteiger partial charge in [-0.05, 0) is 44.9 Å². The summed E-state index contributed by atoms with van der Waals surface area (Å²) in [5.74, 6) is 0.943. The molecule has 0 spiro atoms. The number of likely N-dealkylation sites (N-methyl/N-ethyl adjacent to an activating group) is 1. The van der Waals surface area contributed by atoms with E-state index in [0.29, 0.717) is 0 Å². The Morgan fingerprint density at radius 1 is 1.17 bits per heavy atom. The summed E-state index contributed by atoms with van der Waals surface area (Å²) in [6.45, 7) is 8.00. The van der Waals surface area contributed by atoms with Crippen molar-refractivity contribution in [2.45, 2.75) is 32.7 Å². The fraction of sp³-hybridized carbons (Fsp3) is 0.435. The molecule has 1 fully saturated rings. The first-order valence-corrected chi connectivity index (χ1v) is 11.4. The number of thiophene rings is 1. The van der Waals surface area contributed by atoms with Crippen LogP contribution in [-0.2, 0) is 6.42 Å². The molecular weight excluding hydrogens is 394 g/mol. The number of carbonyl (C=O) groups is 1. The normalized spacial score (nSPS) is 16.0. The minimum atomic E-state index is -0.0135. The first kappa shape index (κ1) is 20.8. The number of aromatic nitrogens is 2. The Morgan fingerprint density at radius 2 is 1.90 bits per heavy atom. The van der Waals surface area contributed by atoms with Crippen LogP contribution in [0.2, 0.25) is 0 Å². The van der Waals surface area contributed by atoms with Gasteiger partial charge in [0.2, 0.25) is 0 Å². The SMILES string of the molecule is Cc1c(C(=O)N[C@@H](C)CCc2ccccc2)sc2ncnc(N3CCN(C)CC3)c12. The second kappa shape index (κ2) is 9.10. The van der Waals surface area contributed by atoms with Crippen LogP contribution in [0.25, 0.3) is 10.2 Å². The van der Waals surface area contributed by atoms with Gasteiger partial charge in [-0.3, -0.25) is 4.79 Å². The van der Waals surface area contributed by atoms with Crippen LogP contribution in [0.1, 0.15) is 34.1 Å². The van der Waals surface area contributed by atoms with Gasteiger partial charge in [0.1, 0.15) is 17.0 Å². The van der Waals surface area contributed by atoms with Crippen LogP contribution in [-0.4, -0.2) is 60.0 Å². The van der Waals surface area contributed by atoms with Gasteiger partial charge < -0.3 is 15.1 Å². The zero-order valence-corrected chi connectivity index (χ0v) is 18.7. The van der Waals surface area contributed by atoms with E-state index in [4.69, 9.17) is 0 Å². The smallest absolute Gasteiger partial charge is 0.261 e. The lowest BCUT2D eigenvalue weighted by molar-refractivity contribution is 0.0942. The number of benzene rings is 1. The van der Waals surface area contributed by atoms with Crippen LogP contribution in [0.3, 0.4) is 0 Å². The summed E-state index contributed by atoms with van der Waals surface area (Å²) >= 11 is 1.47. The molecule has 4 rings (SSSR count). The third-order valence-corrected chi connectivity index (χ3v) is 7.00. The van der Waals surface area contributed by atoms with Crippen LogP contribution in [0.15, 0.2) is 36.7 Å². The topological polar surface area (TPSA) is 61.4 Å². The quantitative estimate of drug-likeness (QED) is 0.658. The molecule has 0 radical (unpaired) electrons. The molecule has 3 aromatic rings. The average molecular weight is 424 g/mol. The minimum absolute atomic E-state index is 0.0135. The molecule has 0 aliphatic carbocycles. The zero-order valence-electron chi connectivity index (χ0n) is 17.9. The zero-order chi connectivity index (χ0) is 21.1. The molecule has 7 heteroatoms. The number of rotatable bonds is 6. The minimum Gasteiger partial charge on any atom is -0.353 e. The Balaban J connectivity index is 1.49. The number of hydrogen-bond acceptors (Lipinski definition) is 6. The van der Waals surface area contributed by atoms with Crippen molar-refractivity contribution in [3.05, 3.63) is 52.7 Å². The Labute approximate surface area is 181 Å². The van der Waals surface area contributed by atoms with Crippen molar-refractivity contribution < 1.29 is 4.79 Å². The number of carbonyl (C=O) groups excluding carboxylic acids is 1. The highest BCUT2D eigenvalue weighted by atomic mass is 32.1. The van der Waals surface area contributed by atoms with Gasteiger partial charge in [-0.25, -0.2) is 9.97 Å². The lowest BCUT2D eigenvalue weighted by Gasteiger charge is -2.33. The van der Waals surface area contributed by atoms with Crippen LogP contribution in [0.5, 0.6) is 0 Å². The number of piperazine rings is 1. The highest BCUT2D eigenvalue weighted by Gasteiger charge is 2.24. The molecule has 1 saturated heterocycles. The predicted octanol–water partition coefficient (Wildman–Crippen LogP) is 3.50. The van der Waals surface area contributed by atoms with Gasteiger partial charge in [0.05, 0.1) is 10.3 Å². The summed E-state index contributed by atoms with van der Waals surface area (Å²) in [7, 11) is 2.14. The number of amides is 1. The van der Waals surface area contributed by atoms with E-state index in [1.54, 1.807) is 6.33 Å². The van der Waals surface area contributed by atoms with Gasteiger partial charge in [0.25, 0.3) is 5.91 Å². The first-order valence-electron chi connectivity index (χ1n) is 10.6. The number of nitrogens with zero attached hydrogens (tertiary/aromatic N) is 4. The van der Waals surface area contributed by atoms with Crippen LogP contribution >= 0.6 is 11.3 Å².